The zero-order chi connectivity index (χ0) is 11.4. The molecule has 0 saturated carbocycles. The molecule has 88 valence electrons. The zero-order valence-electron chi connectivity index (χ0n) is 9.82. The molecule has 1 amide bonds. The summed E-state index contributed by atoms with van der Waals surface area (Å²) >= 11 is 0. The fourth-order valence-corrected chi connectivity index (χ4v) is 2.55. The van der Waals surface area contributed by atoms with E-state index < -0.39 is 0 Å². The van der Waals surface area contributed by atoms with Crippen LogP contribution >= 0.6 is 0 Å². The van der Waals surface area contributed by atoms with Crippen LogP contribution in [-0.4, -0.2) is 48.4 Å². The maximum atomic E-state index is 11.6. The molecule has 0 aromatic heterocycles. The summed E-state index contributed by atoms with van der Waals surface area (Å²) in [7, 11) is 0. The van der Waals surface area contributed by atoms with Crippen molar-refractivity contribution in [2.75, 3.05) is 32.7 Å². The summed E-state index contributed by atoms with van der Waals surface area (Å²) in [6.07, 6.45) is 9.88. The molecule has 0 aliphatic carbocycles. The number of hydrogen-bond donors (Lipinski definition) is 0. The van der Waals surface area contributed by atoms with Crippen molar-refractivity contribution in [3.63, 3.8) is 0 Å². The second-order valence-electron chi connectivity index (χ2n) is 4.81. The highest BCUT2D eigenvalue weighted by atomic mass is 16.2. The molecule has 1 unspecified atom stereocenters. The lowest BCUT2D eigenvalue weighted by atomic mass is 10.1. The fourth-order valence-electron chi connectivity index (χ4n) is 2.55. The summed E-state index contributed by atoms with van der Waals surface area (Å²) in [5.74, 6) is 3.07. The van der Waals surface area contributed by atoms with Gasteiger partial charge in [-0.2, -0.15) is 0 Å². The molecule has 2 saturated heterocycles. The van der Waals surface area contributed by atoms with Crippen molar-refractivity contribution in [3.8, 4) is 12.3 Å². The van der Waals surface area contributed by atoms with E-state index in [0.717, 1.165) is 19.6 Å². The molecule has 0 radical (unpaired) electrons. The molecule has 1 atom stereocenters. The van der Waals surface area contributed by atoms with Crippen molar-refractivity contribution in [3.05, 3.63) is 0 Å². The van der Waals surface area contributed by atoms with Gasteiger partial charge in [-0.3, -0.25) is 4.79 Å². The Labute approximate surface area is 97.8 Å². The van der Waals surface area contributed by atoms with Gasteiger partial charge in [-0.15, -0.1) is 12.3 Å². The van der Waals surface area contributed by atoms with E-state index in [1.807, 2.05) is 4.90 Å². The van der Waals surface area contributed by atoms with Gasteiger partial charge in [-0.25, -0.2) is 0 Å². The monoisotopic (exact) mass is 220 g/mol. The van der Waals surface area contributed by atoms with E-state index in [2.05, 4.69) is 10.8 Å². The smallest absolute Gasteiger partial charge is 0.223 e. The standard InChI is InChI=1S/C13H20N2O/c1-2-12-10-13(16)15(11-12)9-8-14-6-4-3-5-7-14/h1,12H,3-11H2. The molecule has 16 heavy (non-hydrogen) atoms. The summed E-state index contributed by atoms with van der Waals surface area (Å²) in [5.41, 5.74) is 0. The minimum atomic E-state index is 0.147. The Morgan fingerprint density at radius 2 is 2.00 bits per heavy atom. The molecule has 0 aromatic rings. The van der Waals surface area contributed by atoms with Crippen LogP contribution in [0.4, 0.5) is 0 Å². The lowest BCUT2D eigenvalue weighted by Gasteiger charge is -2.28. The Bertz CT molecular complexity index is 289. The highest BCUT2D eigenvalue weighted by Crippen LogP contribution is 2.17. The topological polar surface area (TPSA) is 23.6 Å². The van der Waals surface area contributed by atoms with Crippen molar-refractivity contribution in [1.82, 2.24) is 9.80 Å². The van der Waals surface area contributed by atoms with E-state index in [1.165, 1.54) is 32.4 Å². The van der Waals surface area contributed by atoms with Gasteiger partial charge >= 0.3 is 0 Å². The van der Waals surface area contributed by atoms with Gasteiger partial charge in [0.1, 0.15) is 0 Å². The van der Waals surface area contributed by atoms with Crippen LogP contribution in [0.2, 0.25) is 0 Å². The van der Waals surface area contributed by atoms with Gasteiger partial charge < -0.3 is 9.80 Å². The molecule has 3 heteroatoms. The third-order valence-corrected chi connectivity index (χ3v) is 3.59. The zero-order valence-corrected chi connectivity index (χ0v) is 9.82. The predicted molar refractivity (Wildman–Crippen MR) is 63.8 cm³/mol. The second-order valence-corrected chi connectivity index (χ2v) is 4.81. The molecule has 0 bridgehead atoms. The Morgan fingerprint density at radius 1 is 1.25 bits per heavy atom. The quantitative estimate of drug-likeness (QED) is 0.661. The van der Waals surface area contributed by atoms with E-state index in [0.29, 0.717) is 6.42 Å². The summed E-state index contributed by atoms with van der Waals surface area (Å²) in [6.45, 7) is 5.03. The van der Waals surface area contributed by atoms with Crippen LogP contribution in [0.15, 0.2) is 0 Å². The van der Waals surface area contributed by atoms with Crippen molar-refractivity contribution >= 4 is 5.91 Å². The average Bonchev–Trinajstić information content (AvgIpc) is 2.69. The molecule has 0 aromatic carbocycles. The predicted octanol–water partition coefficient (Wildman–Crippen LogP) is 0.954. The van der Waals surface area contributed by atoms with Crippen LogP contribution in [0.25, 0.3) is 0 Å². The average molecular weight is 220 g/mol. The first-order valence-corrected chi connectivity index (χ1v) is 6.26. The van der Waals surface area contributed by atoms with Gasteiger partial charge in [0, 0.05) is 32.0 Å². The number of nitrogens with zero attached hydrogens (tertiary/aromatic N) is 2. The molecule has 2 heterocycles. The van der Waals surface area contributed by atoms with E-state index in [4.69, 9.17) is 6.42 Å². The van der Waals surface area contributed by atoms with Gasteiger partial charge in [-0.05, 0) is 25.9 Å². The van der Waals surface area contributed by atoms with Gasteiger partial charge in [0.2, 0.25) is 5.91 Å². The maximum absolute atomic E-state index is 11.6. The molecule has 2 fully saturated rings. The molecule has 3 nitrogen and oxygen atoms in total. The number of piperidine rings is 1. The van der Waals surface area contributed by atoms with Crippen LogP contribution in [-0.2, 0) is 4.79 Å². The van der Waals surface area contributed by atoms with Crippen molar-refractivity contribution in [1.29, 1.82) is 0 Å². The van der Waals surface area contributed by atoms with Crippen LogP contribution in [0.5, 0.6) is 0 Å². The lowest BCUT2D eigenvalue weighted by Crippen LogP contribution is -2.38. The number of terminal acetylenes is 1. The first kappa shape index (κ1) is 11.5. The molecule has 0 N–H and O–H groups in total. The summed E-state index contributed by atoms with van der Waals surface area (Å²) in [6, 6.07) is 0. The number of carbonyl (C=O) groups is 1. The second kappa shape index (κ2) is 5.36. The highest BCUT2D eigenvalue weighted by molar-refractivity contribution is 5.79. The van der Waals surface area contributed by atoms with Crippen molar-refractivity contribution in [2.24, 2.45) is 5.92 Å². The van der Waals surface area contributed by atoms with E-state index in [-0.39, 0.29) is 11.8 Å². The lowest BCUT2D eigenvalue weighted by molar-refractivity contribution is -0.127. The van der Waals surface area contributed by atoms with Crippen molar-refractivity contribution in [2.45, 2.75) is 25.7 Å². The summed E-state index contributed by atoms with van der Waals surface area (Å²) in [4.78, 5) is 16.0. The number of carbonyl (C=O) groups excluding carboxylic acids is 1. The maximum Gasteiger partial charge on any atom is 0.223 e. The summed E-state index contributed by atoms with van der Waals surface area (Å²) in [5, 5.41) is 0. The van der Waals surface area contributed by atoms with Gasteiger partial charge in [0.05, 0.1) is 0 Å². The van der Waals surface area contributed by atoms with Crippen LogP contribution in [0.1, 0.15) is 25.7 Å². The fraction of sp³-hybridized carbons (Fsp3) is 0.769. The van der Waals surface area contributed by atoms with E-state index in [9.17, 15) is 4.79 Å². The number of rotatable bonds is 3. The molecule has 0 spiro atoms. The molecule has 2 rings (SSSR count). The molecule has 2 aliphatic rings. The number of hydrogen-bond acceptors (Lipinski definition) is 2. The minimum Gasteiger partial charge on any atom is -0.340 e. The van der Waals surface area contributed by atoms with E-state index in [1.54, 1.807) is 0 Å². The third kappa shape index (κ3) is 2.76. The Morgan fingerprint density at radius 3 is 2.62 bits per heavy atom. The van der Waals surface area contributed by atoms with Gasteiger partial charge in [-0.1, -0.05) is 6.42 Å². The highest BCUT2D eigenvalue weighted by Gasteiger charge is 2.28. The molecular weight excluding hydrogens is 200 g/mol. The van der Waals surface area contributed by atoms with Crippen LogP contribution in [0.3, 0.4) is 0 Å². The van der Waals surface area contributed by atoms with Gasteiger partial charge in [0.25, 0.3) is 0 Å². The first-order valence-electron chi connectivity index (χ1n) is 6.26. The minimum absolute atomic E-state index is 0.147. The summed E-state index contributed by atoms with van der Waals surface area (Å²) < 4.78 is 0. The Kier molecular flexibility index (Phi) is 3.84. The SMILES string of the molecule is C#CC1CC(=O)N(CCN2CCCCC2)C1. The largest absolute Gasteiger partial charge is 0.340 e. The Balaban J connectivity index is 1.73. The number of amides is 1. The van der Waals surface area contributed by atoms with Crippen LogP contribution in [0, 0.1) is 18.3 Å². The van der Waals surface area contributed by atoms with Gasteiger partial charge in [0.15, 0.2) is 0 Å². The Hall–Kier alpha value is -1.01. The number of likely N-dealkylation sites (tertiary alicyclic amines) is 2. The first-order chi connectivity index (χ1) is 7.79. The molecule has 2 aliphatic heterocycles. The normalized spacial score (nSPS) is 27.1. The third-order valence-electron chi connectivity index (χ3n) is 3.59. The molecular formula is C13H20N2O. The van der Waals surface area contributed by atoms with Crippen LogP contribution < -0.4 is 0 Å². The van der Waals surface area contributed by atoms with E-state index >= 15 is 0 Å². The van der Waals surface area contributed by atoms with Crippen molar-refractivity contribution < 1.29 is 4.79 Å².